The summed E-state index contributed by atoms with van der Waals surface area (Å²) in [5.74, 6) is -0.122. The summed E-state index contributed by atoms with van der Waals surface area (Å²) in [7, 11) is 0. The number of benzene rings is 2. The molecule has 2 aromatic heterocycles. The molecule has 0 aliphatic carbocycles. The molecule has 0 radical (unpaired) electrons. The first kappa shape index (κ1) is 17.1. The van der Waals surface area contributed by atoms with Crippen molar-refractivity contribution >= 4 is 34.0 Å². The lowest BCUT2D eigenvalue weighted by molar-refractivity contribution is 0.0929. The zero-order valence-corrected chi connectivity index (χ0v) is 15.3. The Kier molecular flexibility index (Phi) is 4.50. The van der Waals surface area contributed by atoms with Crippen molar-refractivity contribution in [1.29, 1.82) is 0 Å². The Morgan fingerprint density at radius 2 is 2.00 bits per heavy atom. The number of hydrazone groups is 1. The molecule has 0 saturated heterocycles. The number of nitrogens with one attached hydrogen (secondary N) is 1. The molecule has 1 atom stereocenters. The van der Waals surface area contributed by atoms with Crippen molar-refractivity contribution in [3.8, 4) is 0 Å². The summed E-state index contributed by atoms with van der Waals surface area (Å²) in [5.41, 5.74) is 5.37. The van der Waals surface area contributed by atoms with Gasteiger partial charge < -0.3 is 8.98 Å². The summed E-state index contributed by atoms with van der Waals surface area (Å²) in [4.78, 5) is 12.3. The maximum atomic E-state index is 12.3. The van der Waals surface area contributed by atoms with Crippen LogP contribution in [0.3, 0.4) is 0 Å². The predicted molar refractivity (Wildman–Crippen MR) is 108 cm³/mol. The lowest BCUT2D eigenvalue weighted by Gasteiger charge is -2.12. The van der Waals surface area contributed by atoms with Gasteiger partial charge in [-0.2, -0.15) is 5.10 Å². The summed E-state index contributed by atoms with van der Waals surface area (Å²) in [6.07, 6.45) is 4.80. The number of carbonyl (C=O) groups is 1. The highest BCUT2D eigenvalue weighted by atomic mass is 16.3. The lowest BCUT2D eigenvalue weighted by Crippen LogP contribution is -2.16. The zero-order chi connectivity index (χ0) is 18.8. The van der Waals surface area contributed by atoms with Gasteiger partial charge in [0.15, 0.2) is 5.76 Å². The van der Waals surface area contributed by atoms with Crippen LogP contribution in [0.1, 0.15) is 42.4 Å². The topological polar surface area (TPSA) is 59.5 Å². The van der Waals surface area contributed by atoms with Gasteiger partial charge in [0.1, 0.15) is 5.58 Å². The molecular weight excluding hydrogens is 338 g/mol. The van der Waals surface area contributed by atoms with E-state index in [1.165, 1.54) is 0 Å². The molecule has 5 heteroatoms. The van der Waals surface area contributed by atoms with Crippen molar-refractivity contribution < 1.29 is 9.21 Å². The second-order valence-corrected chi connectivity index (χ2v) is 6.61. The van der Waals surface area contributed by atoms with E-state index in [-0.39, 0.29) is 11.7 Å². The molecule has 2 heterocycles. The molecule has 0 aliphatic heterocycles. The summed E-state index contributed by atoms with van der Waals surface area (Å²) in [6, 6.07) is 17.8. The van der Waals surface area contributed by atoms with Gasteiger partial charge in [-0.25, -0.2) is 5.43 Å². The molecule has 136 valence electrons. The van der Waals surface area contributed by atoms with Gasteiger partial charge in [0.2, 0.25) is 0 Å². The molecule has 0 unspecified atom stereocenters. The van der Waals surface area contributed by atoms with Gasteiger partial charge in [-0.15, -0.1) is 0 Å². The quantitative estimate of drug-likeness (QED) is 0.397. The van der Waals surface area contributed by atoms with Crippen LogP contribution in [0.5, 0.6) is 0 Å². The molecule has 27 heavy (non-hydrogen) atoms. The van der Waals surface area contributed by atoms with Crippen LogP contribution in [0.4, 0.5) is 0 Å². The third-order valence-corrected chi connectivity index (χ3v) is 4.86. The van der Waals surface area contributed by atoms with Crippen LogP contribution in [0, 0.1) is 0 Å². The molecule has 0 bridgehead atoms. The van der Waals surface area contributed by atoms with Gasteiger partial charge in [-0.1, -0.05) is 43.3 Å². The van der Waals surface area contributed by atoms with Gasteiger partial charge in [-0.3, -0.25) is 4.79 Å². The number of hydrogen-bond donors (Lipinski definition) is 1. The monoisotopic (exact) mass is 359 g/mol. The van der Waals surface area contributed by atoms with Crippen molar-refractivity contribution in [2.24, 2.45) is 5.10 Å². The van der Waals surface area contributed by atoms with Crippen LogP contribution in [0.2, 0.25) is 0 Å². The van der Waals surface area contributed by atoms with Gasteiger partial charge in [0.05, 0.1) is 6.21 Å². The van der Waals surface area contributed by atoms with E-state index in [0.717, 1.165) is 28.3 Å². The molecule has 0 saturated carbocycles. The first-order valence-corrected chi connectivity index (χ1v) is 9.09. The van der Waals surface area contributed by atoms with Crippen molar-refractivity contribution in [1.82, 2.24) is 9.99 Å². The molecule has 5 nitrogen and oxygen atoms in total. The van der Waals surface area contributed by atoms with E-state index >= 15 is 0 Å². The molecule has 0 aliphatic rings. The van der Waals surface area contributed by atoms with Gasteiger partial charge in [-0.05, 0) is 31.5 Å². The smallest absolute Gasteiger partial charge is 0.307 e. The van der Waals surface area contributed by atoms with E-state index in [9.17, 15) is 4.79 Å². The predicted octanol–water partition coefficient (Wildman–Crippen LogP) is 5.12. The Bertz CT molecular complexity index is 1100. The molecular formula is C22H21N3O2. The Labute approximate surface area is 157 Å². The number of amides is 1. The third-order valence-electron chi connectivity index (χ3n) is 4.86. The van der Waals surface area contributed by atoms with Gasteiger partial charge in [0.25, 0.3) is 0 Å². The highest BCUT2D eigenvalue weighted by molar-refractivity contribution is 6.01. The lowest BCUT2D eigenvalue weighted by atomic mass is 10.2. The van der Waals surface area contributed by atoms with Gasteiger partial charge in [0, 0.05) is 34.1 Å². The summed E-state index contributed by atoms with van der Waals surface area (Å²) in [6.45, 7) is 4.36. The number of para-hydroxylation sites is 2. The number of nitrogens with zero attached hydrogens (tertiary/aromatic N) is 2. The summed E-state index contributed by atoms with van der Waals surface area (Å²) in [5, 5.41) is 6.14. The van der Waals surface area contributed by atoms with Crippen LogP contribution in [-0.4, -0.2) is 16.7 Å². The van der Waals surface area contributed by atoms with E-state index in [0.29, 0.717) is 11.6 Å². The Balaban J connectivity index is 1.57. The second kappa shape index (κ2) is 7.11. The standard InChI is InChI=1S/C22H21N3O2/c1-3-15(2)25-14-17(18-9-5-6-10-19(18)25)13-23-24-22(26)21-12-16-8-4-7-11-20(16)27-21/h4-15H,3H2,1-2H3,(H,24,26)/b23-13+/t15-/m0/s1. The normalized spacial score (nSPS) is 12.8. The van der Waals surface area contributed by atoms with Gasteiger partial charge >= 0.3 is 5.91 Å². The average molecular weight is 359 g/mol. The maximum absolute atomic E-state index is 12.3. The highest BCUT2D eigenvalue weighted by Gasteiger charge is 2.12. The maximum Gasteiger partial charge on any atom is 0.307 e. The molecule has 0 fully saturated rings. The minimum atomic E-state index is -0.367. The number of rotatable bonds is 5. The van der Waals surface area contributed by atoms with Crippen LogP contribution in [0.15, 0.2) is 70.3 Å². The molecule has 4 aromatic rings. The van der Waals surface area contributed by atoms with Crippen LogP contribution < -0.4 is 5.43 Å². The van der Waals surface area contributed by atoms with Crippen molar-refractivity contribution in [3.05, 3.63) is 72.1 Å². The third kappa shape index (κ3) is 3.24. The number of fused-ring (bicyclic) bond motifs is 2. The first-order chi connectivity index (χ1) is 13.2. The number of carbonyl (C=O) groups excluding carboxylic acids is 1. The Morgan fingerprint density at radius 1 is 1.22 bits per heavy atom. The van der Waals surface area contributed by atoms with E-state index in [2.05, 4.69) is 47.3 Å². The number of furan rings is 1. The second-order valence-electron chi connectivity index (χ2n) is 6.61. The fourth-order valence-electron chi connectivity index (χ4n) is 3.21. The minimum Gasteiger partial charge on any atom is -0.451 e. The SMILES string of the molecule is CC[C@H](C)n1cc(/C=N/NC(=O)c2cc3ccccc3o2)c2ccccc21. The number of hydrogen-bond acceptors (Lipinski definition) is 3. The molecule has 1 N–H and O–H groups in total. The summed E-state index contributed by atoms with van der Waals surface area (Å²) < 4.78 is 7.81. The van der Waals surface area contributed by atoms with Crippen LogP contribution >= 0.6 is 0 Å². The van der Waals surface area contributed by atoms with Crippen molar-refractivity contribution in [3.63, 3.8) is 0 Å². The fraction of sp³-hybridized carbons (Fsp3) is 0.182. The minimum absolute atomic E-state index is 0.246. The Hall–Kier alpha value is -3.34. The van der Waals surface area contributed by atoms with E-state index in [1.807, 2.05) is 36.4 Å². The number of aromatic nitrogens is 1. The van der Waals surface area contributed by atoms with E-state index in [4.69, 9.17) is 4.42 Å². The van der Waals surface area contributed by atoms with Crippen LogP contribution in [0.25, 0.3) is 21.9 Å². The average Bonchev–Trinajstić information content (AvgIpc) is 3.29. The van der Waals surface area contributed by atoms with Crippen molar-refractivity contribution in [2.45, 2.75) is 26.3 Å². The fourth-order valence-corrected chi connectivity index (χ4v) is 3.21. The van der Waals surface area contributed by atoms with E-state index in [1.54, 1.807) is 12.3 Å². The molecule has 2 aromatic carbocycles. The first-order valence-electron chi connectivity index (χ1n) is 9.09. The molecule has 1 amide bonds. The van der Waals surface area contributed by atoms with Crippen molar-refractivity contribution in [2.75, 3.05) is 0 Å². The van der Waals surface area contributed by atoms with E-state index < -0.39 is 0 Å². The highest BCUT2D eigenvalue weighted by Crippen LogP contribution is 2.25. The molecule has 4 rings (SSSR count). The largest absolute Gasteiger partial charge is 0.451 e. The summed E-state index contributed by atoms with van der Waals surface area (Å²) >= 11 is 0. The molecule has 0 spiro atoms. The van der Waals surface area contributed by atoms with Crippen LogP contribution in [-0.2, 0) is 0 Å². The Morgan fingerprint density at radius 3 is 2.81 bits per heavy atom. The zero-order valence-electron chi connectivity index (χ0n) is 15.3.